The molecule has 0 aliphatic carbocycles. The van der Waals surface area contributed by atoms with Gasteiger partial charge < -0.3 is 10.4 Å². The molecule has 0 saturated carbocycles. The van der Waals surface area contributed by atoms with E-state index in [4.69, 9.17) is 0 Å². The van der Waals surface area contributed by atoms with Crippen LogP contribution in [-0.4, -0.2) is 20.8 Å². The number of aromatic hydroxyl groups is 1. The molecule has 0 saturated heterocycles. The predicted octanol–water partition coefficient (Wildman–Crippen LogP) is 4.81. The van der Waals surface area contributed by atoms with Crippen LogP contribution in [0.1, 0.15) is 15.9 Å². The summed E-state index contributed by atoms with van der Waals surface area (Å²) in [6.45, 7) is 2.00. The van der Waals surface area contributed by atoms with Gasteiger partial charge in [-0.3, -0.25) is 4.79 Å². The van der Waals surface area contributed by atoms with Gasteiger partial charge in [-0.2, -0.15) is 5.10 Å². The molecule has 3 aromatic carbocycles. The molecule has 2 N–H and O–H groups in total. The van der Waals surface area contributed by atoms with Gasteiger partial charge in [0.15, 0.2) is 0 Å². The van der Waals surface area contributed by atoms with E-state index in [9.17, 15) is 9.90 Å². The highest BCUT2D eigenvalue weighted by Gasteiger charge is 2.19. The van der Waals surface area contributed by atoms with Crippen LogP contribution in [0.25, 0.3) is 16.9 Å². The first kappa shape index (κ1) is 17.5. The Balaban J connectivity index is 1.79. The minimum absolute atomic E-state index is 0.0170. The number of para-hydroxylation sites is 3. The van der Waals surface area contributed by atoms with Crippen LogP contribution in [-0.2, 0) is 0 Å². The second-order valence-corrected chi connectivity index (χ2v) is 6.51. The summed E-state index contributed by atoms with van der Waals surface area (Å²) in [6, 6.07) is 24.1. The lowest BCUT2D eigenvalue weighted by molar-refractivity contribution is 0.102. The summed E-state index contributed by atoms with van der Waals surface area (Å²) in [7, 11) is 0. The van der Waals surface area contributed by atoms with E-state index in [2.05, 4.69) is 10.4 Å². The van der Waals surface area contributed by atoms with Crippen molar-refractivity contribution in [2.24, 2.45) is 0 Å². The van der Waals surface area contributed by atoms with Gasteiger partial charge in [0.1, 0.15) is 11.4 Å². The summed E-state index contributed by atoms with van der Waals surface area (Å²) in [5, 5.41) is 17.4. The summed E-state index contributed by atoms with van der Waals surface area (Å²) >= 11 is 0. The van der Waals surface area contributed by atoms with E-state index < -0.39 is 0 Å². The van der Waals surface area contributed by atoms with Crippen LogP contribution in [0.5, 0.6) is 5.75 Å². The van der Waals surface area contributed by atoms with Gasteiger partial charge in [-0.15, -0.1) is 0 Å². The number of hydrogen-bond acceptors (Lipinski definition) is 3. The number of phenols is 1. The minimum atomic E-state index is -0.333. The number of aromatic nitrogens is 2. The van der Waals surface area contributed by atoms with E-state index in [1.165, 1.54) is 6.07 Å². The van der Waals surface area contributed by atoms with Crippen LogP contribution in [0, 0.1) is 6.92 Å². The molecule has 0 fully saturated rings. The van der Waals surface area contributed by atoms with Crippen LogP contribution in [0.15, 0.2) is 85.1 Å². The molecule has 4 aromatic rings. The van der Waals surface area contributed by atoms with Crippen molar-refractivity contribution < 1.29 is 9.90 Å². The summed E-state index contributed by atoms with van der Waals surface area (Å²) in [6.07, 6.45) is 1.71. The third-order valence-corrected chi connectivity index (χ3v) is 4.42. The van der Waals surface area contributed by atoms with Crippen molar-refractivity contribution in [1.29, 1.82) is 0 Å². The highest BCUT2D eigenvalue weighted by molar-refractivity contribution is 6.08. The normalized spacial score (nSPS) is 10.6. The van der Waals surface area contributed by atoms with Gasteiger partial charge in [-0.25, -0.2) is 4.68 Å². The van der Waals surface area contributed by atoms with E-state index in [0.29, 0.717) is 16.9 Å². The molecule has 1 heterocycles. The maximum absolute atomic E-state index is 13.0. The van der Waals surface area contributed by atoms with Gasteiger partial charge >= 0.3 is 0 Å². The fourth-order valence-corrected chi connectivity index (χ4v) is 3.03. The highest BCUT2D eigenvalue weighted by atomic mass is 16.3. The summed E-state index contributed by atoms with van der Waals surface area (Å²) in [5.41, 5.74) is 4.17. The van der Waals surface area contributed by atoms with E-state index >= 15 is 0 Å². The number of carbonyl (C=O) groups excluding carboxylic acids is 1. The van der Waals surface area contributed by atoms with Crippen molar-refractivity contribution in [3.05, 3.63) is 96.2 Å². The van der Waals surface area contributed by atoms with Crippen LogP contribution in [0.2, 0.25) is 0 Å². The van der Waals surface area contributed by atoms with Gasteiger partial charge in [-0.1, -0.05) is 54.1 Å². The molecule has 0 radical (unpaired) electrons. The Kier molecular flexibility index (Phi) is 4.64. The quantitative estimate of drug-likeness (QED) is 0.508. The van der Waals surface area contributed by atoms with E-state index in [-0.39, 0.29) is 11.7 Å². The lowest BCUT2D eigenvalue weighted by Gasteiger charge is -2.07. The van der Waals surface area contributed by atoms with Crippen LogP contribution >= 0.6 is 0 Å². The molecule has 1 aromatic heterocycles. The molecule has 5 heteroatoms. The number of benzene rings is 3. The molecule has 4 rings (SSSR count). The number of aryl methyl sites for hydroxylation is 1. The number of nitrogens with zero attached hydrogens (tertiary/aromatic N) is 2. The van der Waals surface area contributed by atoms with Gasteiger partial charge in [0.05, 0.1) is 16.9 Å². The second kappa shape index (κ2) is 7.40. The van der Waals surface area contributed by atoms with Gasteiger partial charge in [0.2, 0.25) is 0 Å². The smallest absolute Gasteiger partial charge is 0.259 e. The Morgan fingerprint density at radius 3 is 2.46 bits per heavy atom. The maximum atomic E-state index is 13.0. The first-order valence-electron chi connectivity index (χ1n) is 8.93. The van der Waals surface area contributed by atoms with Crippen LogP contribution < -0.4 is 5.32 Å². The third kappa shape index (κ3) is 3.50. The Bertz CT molecular complexity index is 1130. The highest BCUT2D eigenvalue weighted by Crippen LogP contribution is 2.27. The molecule has 0 bridgehead atoms. The predicted molar refractivity (Wildman–Crippen MR) is 110 cm³/mol. The van der Waals surface area contributed by atoms with E-state index in [1.807, 2.05) is 61.5 Å². The fraction of sp³-hybridized carbons (Fsp3) is 0.0435. The number of nitrogens with one attached hydrogen (secondary N) is 1. The minimum Gasteiger partial charge on any atom is -0.506 e. The SMILES string of the molecule is Cc1cccc(-c2nn(-c3ccccc3)cc2C(=O)Nc2ccccc2O)c1. The molecule has 28 heavy (non-hydrogen) atoms. The van der Waals surface area contributed by atoms with E-state index in [0.717, 1.165) is 16.8 Å². The molecular weight excluding hydrogens is 350 g/mol. The largest absolute Gasteiger partial charge is 0.506 e. The van der Waals surface area contributed by atoms with Gasteiger partial charge in [0, 0.05) is 11.8 Å². The van der Waals surface area contributed by atoms with Crippen molar-refractivity contribution in [3.8, 4) is 22.7 Å². The molecule has 138 valence electrons. The molecule has 0 aliphatic rings. The average Bonchev–Trinajstić information content (AvgIpc) is 3.16. The summed E-state index contributed by atoms with van der Waals surface area (Å²) in [4.78, 5) is 13.0. The zero-order valence-electron chi connectivity index (χ0n) is 15.3. The van der Waals surface area contributed by atoms with Crippen molar-refractivity contribution in [3.63, 3.8) is 0 Å². The van der Waals surface area contributed by atoms with Crippen molar-refractivity contribution in [2.75, 3.05) is 5.32 Å². The topological polar surface area (TPSA) is 67.2 Å². The fourth-order valence-electron chi connectivity index (χ4n) is 3.03. The zero-order chi connectivity index (χ0) is 19.5. The number of rotatable bonds is 4. The Morgan fingerprint density at radius 1 is 0.964 bits per heavy atom. The van der Waals surface area contributed by atoms with E-state index in [1.54, 1.807) is 29.1 Å². The summed E-state index contributed by atoms with van der Waals surface area (Å²) < 4.78 is 1.69. The van der Waals surface area contributed by atoms with Crippen molar-refractivity contribution in [2.45, 2.75) is 6.92 Å². The third-order valence-electron chi connectivity index (χ3n) is 4.42. The Morgan fingerprint density at radius 2 is 1.71 bits per heavy atom. The Labute approximate surface area is 162 Å². The first-order valence-corrected chi connectivity index (χ1v) is 8.93. The van der Waals surface area contributed by atoms with Gasteiger partial charge in [0.25, 0.3) is 5.91 Å². The lowest BCUT2D eigenvalue weighted by Crippen LogP contribution is -2.12. The van der Waals surface area contributed by atoms with Crippen molar-refractivity contribution in [1.82, 2.24) is 9.78 Å². The average molecular weight is 369 g/mol. The zero-order valence-corrected chi connectivity index (χ0v) is 15.3. The molecular formula is C23H19N3O2. The monoisotopic (exact) mass is 369 g/mol. The number of anilines is 1. The standard InChI is InChI=1S/C23H19N3O2/c1-16-8-7-9-17(14-16)22-19(15-26(25-22)18-10-3-2-4-11-18)23(28)24-20-12-5-6-13-21(20)27/h2-15,27H,1H3,(H,24,28). The number of phenolic OH excluding ortho intramolecular Hbond substituents is 1. The van der Waals surface area contributed by atoms with Gasteiger partial charge in [-0.05, 0) is 37.3 Å². The Hall–Kier alpha value is -3.86. The second-order valence-electron chi connectivity index (χ2n) is 6.51. The number of carbonyl (C=O) groups is 1. The maximum Gasteiger partial charge on any atom is 0.259 e. The molecule has 0 atom stereocenters. The first-order chi connectivity index (χ1) is 13.6. The lowest BCUT2D eigenvalue weighted by atomic mass is 10.1. The van der Waals surface area contributed by atoms with Crippen molar-refractivity contribution >= 4 is 11.6 Å². The number of hydrogen-bond donors (Lipinski definition) is 2. The molecule has 5 nitrogen and oxygen atoms in total. The van der Waals surface area contributed by atoms with Crippen LogP contribution in [0.4, 0.5) is 5.69 Å². The molecule has 1 amide bonds. The molecule has 0 aliphatic heterocycles. The number of amides is 1. The van der Waals surface area contributed by atoms with Crippen LogP contribution in [0.3, 0.4) is 0 Å². The summed E-state index contributed by atoms with van der Waals surface area (Å²) in [5.74, 6) is -0.316. The molecule has 0 unspecified atom stereocenters. The molecule has 0 spiro atoms.